The molecule has 1 atom stereocenters. The number of nitrogens with zero attached hydrogens (tertiary/aromatic N) is 3. The zero-order valence-corrected chi connectivity index (χ0v) is 16.9. The third kappa shape index (κ3) is 3.66. The van der Waals surface area contributed by atoms with E-state index in [0.717, 1.165) is 60.4 Å². The van der Waals surface area contributed by atoms with Crippen LogP contribution in [0.4, 0.5) is 0 Å². The molecular formula is C19H27BrN4O. The van der Waals surface area contributed by atoms with Gasteiger partial charge in [-0.2, -0.15) is 0 Å². The van der Waals surface area contributed by atoms with Gasteiger partial charge in [0.05, 0.1) is 16.9 Å². The number of halogens is 1. The van der Waals surface area contributed by atoms with Crippen LogP contribution in [0.3, 0.4) is 0 Å². The molecule has 0 spiro atoms. The molecule has 25 heavy (non-hydrogen) atoms. The monoisotopic (exact) mass is 406 g/mol. The topological polar surface area (TPSA) is 50.2 Å². The number of rotatable bonds is 5. The predicted octanol–water partition coefficient (Wildman–Crippen LogP) is 3.23. The molecule has 1 aromatic carbocycles. The molecule has 1 saturated heterocycles. The highest BCUT2D eigenvalue weighted by atomic mass is 79.9. The molecule has 2 heterocycles. The van der Waals surface area contributed by atoms with E-state index < -0.39 is 0 Å². The van der Waals surface area contributed by atoms with Gasteiger partial charge in [-0.3, -0.25) is 14.3 Å². The largest absolute Gasteiger partial charge is 0.314 e. The minimum absolute atomic E-state index is 0.0689. The molecule has 6 heteroatoms. The van der Waals surface area contributed by atoms with Gasteiger partial charge in [0.2, 0.25) is 0 Å². The molecule has 1 N–H and O–H groups in total. The first-order chi connectivity index (χ1) is 12.1. The summed E-state index contributed by atoms with van der Waals surface area (Å²) in [5.74, 6) is 0.922. The number of hydrogen-bond acceptors (Lipinski definition) is 4. The van der Waals surface area contributed by atoms with Gasteiger partial charge in [0, 0.05) is 37.2 Å². The predicted molar refractivity (Wildman–Crippen MR) is 106 cm³/mol. The summed E-state index contributed by atoms with van der Waals surface area (Å²) in [5, 5.41) is 4.10. The summed E-state index contributed by atoms with van der Waals surface area (Å²) in [6.45, 7) is 10.9. The van der Waals surface area contributed by atoms with Crippen LogP contribution in [0, 0.1) is 6.92 Å². The molecule has 0 bridgehead atoms. The van der Waals surface area contributed by atoms with Crippen molar-refractivity contribution in [3.63, 3.8) is 0 Å². The highest BCUT2D eigenvalue weighted by Crippen LogP contribution is 2.27. The minimum atomic E-state index is 0.0689. The number of aromatic nitrogens is 2. The lowest BCUT2D eigenvalue weighted by atomic mass is 10.1. The van der Waals surface area contributed by atoms with Crippen LogP contribution in [-0.4, -0.2) is 40.6 Å². The van der Waals surface area contributed by atoms with E-state index in [1.165, 1.54) is 0 Å². The van der Waals surface area contributed by atoms with Crippen LogP contribution in [0.1, 0.15) is 44.1 Å². The smallest absolute Gasteiger partial charge is 0.261 e. The van der Waals surface area contributed by atoms with Gasteiger partial charge < -0.3 is 5.32 Å². The Morgan fingerprint density at radius 2 is 2.00 bits per heavy atom. The molecule has 1 unspecified atom stereocenters. The van der Waals surface area contributed by atoms with Gasteiger partial charge in [0.25, 0.3) is 5.56 Å². The summed E-state index contributed by atoms with van der Waals surface area (Å²) in [4.78, 5) is 20.6. The third-order valence-corrected chi connectivity index (χ3v) is 5.89. The fraction of sp³-hybridized carbons (Fsp3) is 0.579. The highest BCUT2D eigenvalue weighted by molar-refractivity contribution is 9.10. The first-order valence-electron chi connectivity index (χ1n) is 9.22. The van der Waals surface area contributed by atoms with Gasteiger partial charge >= 0.3 is 0 Å². The summed E-state index contributed by atoms with van der Waals surface area (Å²) >= 11 is 3.54. The molecule has 1 aliphatic heterocycles. The van der Waals surface area contributed by atoms with Crippen LogP contribution in [0.25, 0.3) is 10.9 Å². The second-order valence-corrected chi connectivity index (χ2v) is 7.58. The van der Waals surface area contributed by atoms with Crippen LogP contribution in [0.5, 0.6) is 0 Å². The van der Waals surface area contributed by atoms with Crippen molar-refractivity contribution in [1.82, 2.24) is 19.8 Å². The molecular weight excluding hydrogens is 380 g/mol. The summed E-state index contributed by atoms with van der Waals surface area (Å²) in [7, 11) is 0. The van der Waals surface area contributed by atoms with Gasteiger partial charge in [-0.05, 0) is 38.0 Å². The standard InChI is InChI=1S/C19H27BrN4O/c1-4-6-17(23-9-7-21-8-10-23)18-22-16-11-13(3)15(20)12-14(16)19(25)24(18)5-2/h11-12,17,21H,4-10H2,1-3H3. The van der Waals surface area contributed by atoms with Gasteiger partial charge in [-0.1, -0.05) is 29.3 Å². The van der Waals surface area contributed by atoms with Crippen LogP contribution in [-0.2, 0) is 6.54 Å². The van der Waals surface area contributed by atoms with Crippen LogP contribution < -0.4 is 10.9 Å². The summed E-state index contributed by atoms with van der Waals surface area (Å²) < 4.78 is 2.83. The van der Waals surface area contributed by atoms with E-state index >= 15 is 0 Å². The third-order valence-electron chi connectivity index (χ3n) is 5.03. The highest BCUT2D eigenvalue weighted by Gasteiger charge is 2.26. The fourth-order valence-corrected chi connectivity index (χ4v) is 4.01. The minimum Gasteiger partial charge on any atom is -0.314 e. The Hall–Kier alpha value is -1.24. The molecule has 0 saturated carbocycles. The summed E-state index contributed by atoms with van der Waals surface area (Å²) in [5.41, 5.74) is 1.98. The molecule has 1 aliphatic rings. The molecule has 1 fully saturated rings. The zero-order valence-electron chi connectivity index (χ0n) is 15.3. The van der Waals surface area contributed by atoms with E-state index in [0.29, 0.717) is 11.9 Å². The Kier molecular flexibility index (Phi) is 5.92. The van der Waals surface area contributed by atoms with Crippen molar-refractivity contribution in [2.75, 3.05) is 26.2 Å². The van der Waals surface area contributed by atoms with Gasteiger partial charge in [-0.25, -0.2) is 4.98 Å². The van der Waals surface area contributed by atoms with Gasteiger partial charge in [0.1, 0.15) is 5.82 Å². The van der Waals surface area contributed by atoms with Crippen molar-refractivity contribution < 1.29 is 0 Å². The average molecular weight is 407 g/mol. The molecule has 136 valence electrons. The number of piperazine rings is 1. The quantitative estimate of drug-likeness (QED) is 0.827. The van der Waals surface area contributed by atoms with E-state index in [1.807, 2.05) is 30.5 Å². The Morgan fingerprint density at radius 1 is 1.28 bits per heavy atom. The van der Waals surface area contributed by atoms with Crippen molar-refractivity contribution in [2.45, 2.75) is 46.2 Å². The van der Waals surface area contributed by atoms with Crippen LogP contribution in [0.2, 0.25) is 0 Å². The van der Waals surface area contributed by atoms with Gasteiger partial charge in [-0.15, -0.1) is 0 Å². The van der Waals surface area contributed by atoms with Crippen molar-refractivity contribution in [1.29, 1.82) is 0 Å². The van der Waals surface area contributed by atoms with E-state index in [1.54, 1.807) is 0 Å². The van der Waals surface area contributed by atoms with E-state index in [4.69, 9.17) is 4.98 Å². The van der Waals surface area contributed by atoms with E-state index in [9.17, 15) is 4.79 Å². The number of benzene rings is 1. The number of nitrogens with one attached hydrogen (secondary N) is 1. The Morgan fingerprint density at radius 3 is 2.64 bits per heavy atom. The molecule has 0 amide bonds. The van der Waals surface area contributed by atoms with E-state index in [2.05, 4.69) is 33.1 Å². The van der Waals surface area contributed by atoms with Gasteiger partial charge in [0.15, 0.2) is 0 Å². The molecule has 0 aliphatic carbocycles. The molecule has 1 aromatic heterocycles. The molecule has 0 radical (unpaired) electrons. The van der Waals surface area contributed by atoms with Crippen molar-refractivity contribution in [3.05, 3.63) is 38.3 Å². The maximum absolute atomic E-state index is 13.1. The second-order valence-electron chi connectivity index (χ2n) is 6.73. The SMILES string of the molecule is CCCC(c1nc2cc(C)c(Br)cc2c(=O)n1CC)N1CCNCC1. The molecule has 5 nitrogen and oxygen atoms in total. The maximum atomic E-state index is 13.1. The lowest BCUT2D eigenvalue weighted by Gasteiger charge is -2.35. The number of fused-ring (bicyclic) bond motifs is 1. The van der Waals surface area contributed by atoms with Crippen molar-refractivity contribution >= 4 is 26.8 Å². The Labute approximate surface area is 157 Å². The lowest BCUT2D eigenvalue weighted by molar-refractivity contribution is 0.154. The lowest BCUT2D eigenvalue weighted by Crippen LogP contribution is -2.46. The van der Waals surface area contributed by atoms with E-state index in [-0.39, 0.29) is 11.6 Å². The summed E-state index contributed by atoms with van der Waals surface area (Å²) in [6.07, 6.45) is 2.10. The summed E-state index contributed by atoms with van der Waals surface area (Å²) in [6, 6.07) is 4.13. The molecule has 2 aromatic rings. The number of aryl methyl sites for hydroxylation is 1. The van der Waals surface area contributed by atoms with Crippen LogP contribution in [0.15, 0.2) is 21.4 Å². The normalized spacial score (nSPS) is 17.1. The zero-order chi connectivity index (χ0) is 18.0. The first-order valence-corrected chi connectivity index (χ1v) is 10.0. The molecule has 3 rings (SSSR count). The average Bonchev–Trinajstić information content (AvgIpc) is 2.62. The van der Waals surface area contributed by atoms with Crippen molar-refractivity contribution in [2.24, 2.45) is 0 Å². The van der Waals surface area contributed by atoms with Crippen molar-refractivity contribution in [3.8, 4) is 0 Å². The first kappa shape index (κ1) is 18.5. The van der Waals surface area contributed by atoms with Crippen LogP contribution >= 0.6 is 15.9 Å². The maximum Gasteiger partial charge on any atom is 0.261 e. The fourth-order valence-electron chi connectivity index (χ4n) is 3.67. The Balaban J connectivity index is 2.18. The Bertz CT molecular complexity index is 811. The number of hydrogen-bond donors (Lipinski definition) is 1. The second kappa shape index (κ2) is 7.98.